The molecule has 0 aliphatic rings. The van der Waals surface area contributed by atoms with Gasteiger partial charge in [0.1, 0.15) is 16.1 Å². The molecule has 0 amide bonds. The number of hydrogen-bond acceptors (Lipinski definition) is 0. The molecule has 0 radical (unpaired) electrons. The molecule has 0 aliphatic carbocycles. The zero-order valence-electron chi connectivity index (χ0n) is 22.6. The normalized spacial score (nSPS) is 11.6. The number of nitrogens with zero attached hydrogens (tertiary/aromatic N) is 2. The summed E-state index contributed by atoms with van der Waals surface area (Å²) in [6.45, 7) is 24.2. The van der Waals surface area contributed by atoms with E-state index < -0.39 is 16.1 Å². The van der Waals surface area contributed by atoms with Crippen LogP contribution >= 0.6 is 15.9 Å². The molecule has 0 unspecified atom stereocenters. The molecule has 2 aromatic rings. The predicted octanol–water partition coefficient (Wildman–Crippen LogP) is 7.89. The first kappa shape index (κ1) is 28.1. The Morgan fingerprint density at radius 2 is 1.32 bits per heavy atom. The van der Waals surface area contributed by atoms with E-state index in [4.69, 9.17) is 0 Å². The molecule has 0 heterocycles. The molecular formula is C29H37BrN2Si2. The molecule has 2 rings (SSSR count). The van der Waals surface area contributed by atoms with Crippen LogP contribution in [0.4, 0.5) is 0 Å². The molecule has 0 aromatic heterocycles. The summed E-state index contributed by atoms with van der Waals surface area (Å²) in [5.74, 6) is 6.78. The molecule has 178 valence electrons. The number of benzene rings is 2. The van der Waals surface area contributed by atoms with Gasteiger partial charge in [-0.2, -0.15) is 4.79 Å². The highest BCUT2D eigenvalue weighted by atomic mass is 79.9. The van der Waals surface area contributed by atoms with Crippen LogP contribution in [0.5, 0.6) is 0 Å². The molecular weight excluding hydrogens is 512 g/mol. The molecule has 2 nitrogen and oxygen atoms in total. The average Bonchev–Trinajstić information content (AvgIpc) is 2.66. The first-order valence-corrected chi connectivity index (χ1v) is 19.5. The minimum Gasteiger partial charge on any atom is -0.361 e. The van der Waals surface area contributed by atoms with Crippen molar-refractivity contribution in [3.05, 3.63) is 73.2 Å². The van der Waals surface area contributed by atoms with Crippen molar-refractivity contribution in [1.29, 1.82) is 0 Å². The molecule has 0 fully saturated rings. The molecule has 5 heteroatoms. The summed E-state index contributed by atoms with van der Waals surface area (Å²) < 4.78 is 0.834. The monoisotopic (exact) mass is 548 g/mol. The summed E-state index contributed by atoms with van der Waals surface area (Å²) in [4.78, 5) is 3.82. The van der Waals surface area contributed by atoms with Gasteiger partial charge in [0.05, 0.1) is 11.1 Å². The third kappa shape index (κ3) is 7.43. The highest BCUT2D eigenvalue weighted by Gasteiger charge is 2.28. The molecule has 0 saturated carbocycles. The Morgan fingerprint density at radius 1 is 0.824 bits per heavy atom. The highest BCUT2D eigenvalue weighted by molar-refractivity contribution is 9.10. The smallest absolute Gasteiger partial charge is 0.332 e. The Balaban J connectivity index is 2.86. The Hall–Kier alpha value is -2.15. The number of halogens is 1. The van der Waals surface area contributed by atoms with Gasteiger partial charge >= 0.3 is 5.71 Å². The highest BCUT2D eigenvalue weighted by Crippen LogP contribution is 2.31. The number of rotatable bonds is 2. The lowest BCUT2D eigenvalue weighted by atomic mass is 9.82. The van der Waals surface area contributed by atoms with Gasteiger partial charge in [0.15, 0.2) is 0 Å². The van der Waals surface area contributed by atoms with Crippen molar-refractivity contribution >= 4 is 37.8 Å². The van der Waals surface area contributed by atoms with Gasteiger partial charge in [0.25, 0.3) is 0 Å². The van der Waals surface area contributed by atoms with Crippen molar-refractivity contribution in [3.63, 3.8) is 0 Å². The van der Waals surface area contributed by atoms with Crippen LogP contribution < -0.4 is 0 Å². The van der Waals surface area contributed by atoms with Crippen LogP contribution in [-0.2, 0) is 5.41 Å². The Labute approximate surface area is 217 Å². The van der Waals surface area contributed by atoms with E-state index in [1.54, 1.807) is 0 Å². The Kier molecular flexibility index (Phi) is 8.45. The van der Waals surface area contributed by atoms with E-state index in [0.29, 0.717) is 5.71 Å². The van der Waals surface area contributed by atoms with Crippen LogP contribution in [0.2, 0.25) is 39.3 Å². The van der Waals surface area contributed by atoms with Crippen molar-refractivity contribution in [3.8, 4) is 22.9 Å². The maximum atomic E-state index is 10.3. The lowest BCUT2D eigenvalue weighted by Gasteiger charge is -2.21. The van der Waals surface area contributed by atoms with Gasteiger partial charge in [-0.15, -0.1) is 11.1 Å². The van der Waals surface area contributed by atoms with Crippen molar-refractivity contribution in [2.45, 2.75) is 79.3 Å². The average molecular weight is 550 g/mol. The van der Waals surface area contributed by atoms with Crippen LogP contribution in [0.3, 0.4) is 0 Å². The van der Waals surface area contributed by atoms with Crippen LogP contribution in [-0.4, -0.2) is 26.6 Å². The quantitative estimate of drug-likeness (QED) is 0.120. The van der Waals surface area contributed by atoms with Gasteiger partial charge < -0.3 is 5.53 Å². The van der Waals surface area contributed by atoms with E-state index >= 15 is 0 Å². The molecule has 34 heavy (non-hydrogen) atoms. The summed E-state index contributed by atoms with van der Waals surface area (Å²) in [6, 6.07) is 8.45. The minimum absolute atomic E-state index is 0.0375. The van der Waals surface area contributed by atoms with E-state index in [2.05, 4.69) is 130 Å². The standard InChI is InChI=1S/C29H37BrN2Si2/c1-20-16-24(29(3,4)5)17-21(2)26(20)28(32-31)27-23(13-15-34(9,10)11)18-22(19-25(27)30)12-14-33(6,7)8/h16-19H,1-11H3. The largest absolute Gasteiger partial charge is 0.361 e. The van der Waals surface area contributed by atoms with Crippen LogP contribution in [0.15, 0.2) is 28.7 Å². The summed E-state index contributed by atoms with van der Waals surface area (Å²) in [5.41, 5.74) is 24.7. The van der Waals surface area contributed by atoms with Crippen molar-refractivity contribution < 1.29 is 4.79 Å². The van der Waals surface area contributed by atoms with E-state index in [0.717, 1.165) is 37.9 Å². The molecule has 0 spiro atoms. The zero-order chi connectivity index (χ0) is 26.1. The second-order valence-corrected chi connectivity index (χ2v) is 22.4. The fourth-order valence-electron chi connectivity index (χ4n) is 3.53. The van der Waals surface area contributed by atoms with E-state index in [-0.39, 0.29) is 5.41 Å². The summed E-state index contributed by atoms with van der Waals surface area (Å²) in [5, 5.41) is 0. The van der Waals surface area contributed by atoms with Gasteiger partial charge in [0.2, 0.25) is 0 Å². The van der Waals surface area contributed by atoms with Crippen molar-refractivity contribution in [2.24, 2.45) is 0 Å². The maximum Gasteiger partial charge on any atom is 0.332 e. The third-order valence-electron chi connectivity index (χ3n) is 5.22. The molecule has 0 saturated heterocycles. The first-order chi connectivity index (χ1) is 15.4. The molecule has 0 atom stereocenters. The maximum absolute atomic E-state index is 10.3. The fourth-order valence-corrected chi connectivity index (χ4v) is 5.20. The van der Waals surface area contributed by atoms with Gasteiger partial charge in [-0.25, -0.2) is 0 Å². The van der Waals surface area contributed by atoms with Gasteiger partial charge in [0, 0.05) is 15.6 Å². The molecule has 0 bridgehead atoms. The second kappa shape index (κ2) is 10.2. The van der Waals surface area contributed by atoms with Crippen LogP contribution in [0.25, 0.3) is 5.53 Å². The second-order valence-electron chi connectivity index (χ2n) is 12.1. The van der Waals surface area contributed by atoms with Crippen molar-refractivity contribution in [2.75, 3.05) is 0 Å². The van der Waals surface area contributed by atoms with E-state index in [1.807, 2.05) is 12.1 Å². The van der Waals surface area contributed by atoms with Crippen LogP contribution in [0.1, 0.15) is 59.7 Å². The lowest BCUT2D eigenvalue weighted by Crippen LogP contribution is -2.18. The molecule has 2 aromatic carbocycles. The number of hydrogen-bond donors (Lipinski definition) is 0. The Bertz CT molecular complexity index is 1270. The fraction of sp³-hybridized carbons (Fsp3) is 0.414. The van der Waals surface area contributed by atoms with Gasteiger partial charge in [-0.1, -0.05) is 84.0 Å². The Morgan fingerprint density at radius 3 is 1.76 bits per heavy atom. The van der Waals surface area contributed by atoms with Gasteiger partial charge in [-0.05, 0) is 64.0 Å². The summed E-state index contributed by atoms with van der Waals surface area (Å²) in [7, 11) is -3.15. The molecule has 0 aliphatic heterocycles. The summed E-state index contributed by atoms with van der Waals surface area (Å²) >= 11 is 3.77. The predicted molar refractivity (Wildman–Crippen MR) is 156 cm³/mol. The third-order valence-corrected chi connectivity index (χ3v) is 7.59. The summed E-state index contributed by atoms with van der Waals surface area (Å²) in [6.07, 6.45) is 0. The van der Waals surface area contributed by atoms with E-state index in [1.165, 1.54) is 5.56 Å². The van der Waals surface area contributed by atoms with Crippen LogP contribution in [0, 0.1) is 36.8 Å². The molecule has 0 N–H and O–H groups in total. The van der Waals surface area contributed by atoms with Gasteiger partial charge in [-0.3, -0.25) is 0 Å². The van der Waals surface area contributed by atoms with Crippen molar-refractivity contribution in [1.82, 2.24) is 0 Å². The topological polar surface area (TPSA) is 36.4 Å². The lowest BCUT2D eigenvalue weighted by molar-refractivity contribution is -0.00294. The van der Waals surface area contributed by atoms with E-state index in [9.17, 15) is 5.53 Å². The SMILES string of the molecule is Cc1cc(C(C)(C)C)cc(C)c1C(=[N+]=[N-])c1c(Br)cc(C#C[Si](C)(C)C)cc1C#C[Si](C)(C)C. The minimum atomic E-state index is -1.63. The zero-order valence-corrected chi connectivity index (χ0v) is 26.2. The number of aryl methyl sites for hydroxylation is 2. The first-order valence-electron chi connectivity index (χ1n) is 11.7.